The molecule has 0 unspecified atom stereocenters. The first-order chi connectivity index (χ1) is 8.58. The average Bonchev–Trinajstić information content (AvgIpc) is 2.54. The molecule has 1 fully saturated rings. The summed E-state index contributed by atoms with van der Waals surface area (Å²) in [6.45, 7) is 5.64. The Labute approximate surface area is 108 Å². The van der Waals surface area contributed by atoms with Crippen molar-refractivity contribution in [2.45, 2.75) is 19.4 Å². The molecule has 4 heteroatoms. The zero-order valence-electron chi connectivity index (χ0n) is 11.1. The summed E-state index contributed by atoms with van der Waals surface area (Å²) in [5.41, 5.74) is 1.64. The quantitative estimate of drug-likeness (QED) is 0.872. The van der Waals surface area contributed by atoms with Gasteiger partial charge in [-0.3, -0.25) is 0 Å². The number of rotatable bonds is 2. The van der Waals surface area contributed by atoms with Gasteiger partial charge in [0.25, 0.3) is 0 Å². The zero-order chi connectivity index (χ0) is 13.1. The van der Waals surface area contributed by atoms with E-state index in [0.29, 0.717) is 5.56 Å². The molecule has 18 heavy (non-hydrogen) atoms. The van der Waals surface area contributed by atoms with Gasteiger partial charge in [0.1, 0.15) is 5.82 Å². The van der Waals surface area contributed by atoms with Gasteiger partial charge in [-0.1, -0.05) is 0 Å². The van der Waals surface area contributed by atoms with Gasteiger partial charge < -0.3 is 14.9 Å². The van der Waals surface area contributed by atoms with Crippen molar-refractivity contribution in [2.75, 3.05) is 38.1 Å². The van der Waals surface area contributed by atoms with Crippen molar-refractivity contribution in [3.05, 3.63) is 29.6 Å². The van der Waals surface area contributed by atoms with E-state index in [4.69, 9.17) is 0 Å². The number of halogens is 1. The topological polar surface area (TPSA) is 26.7 Å². The fraction of sp³-hybridized carbons (Fsp3) is 0.571. The van der Waals surface area contributed by atoms with Crippen molar-refractivity contribution in [1.29, 1.82) is 0 Å². The fourth-order valence-corrected chi connectivity index (χ4v) is 2.44. The summed E-state index contributed by atoms with van der Waals surface area (Å²) in [5, 5.41) is 9.78. The molecule has 1 saturated heterocycles. The summed E-state index contributed by atoms with van der Waals surface area (Å²) >= 11 is 0. The summed E-state index contributed by atoms with van der Waals surface area (Å²) in [6, 6.07) is 4.69. The summed E-state index contributed by atoms with van der Waals surface area (Å²) in [7, 11) is 2.11. The number of hydrogen-bond acceptors (Lipinski definition) is 3. The molecule has 3 nitrogen and oxygen atoms in total. The van der Waals surface area contributed by atoms with Crippen LogP contribution in [0.5, 0.6) is 0 Å². The molecule has 0 aromatic heterocycles. The van der Waals surface area contributed by atoms with E-state index in [-0.39, 0.29) is 5.82 Å². The van der Waals surface area contributed by atoms with Crippen molar-refractivity contribution in [2.24, 2.45) is 0 Å². The van der Waals surface area contributed by atoms with Gasteiger partial charge in [-0.25, -0.2) is 4.39 Å². The molecule has 1 N–H and O–H groups in total. The molecule has 1 aromatic rings. The minimum Gasteiger partial charge on any atom is -0.389 e. The van der Waals surface area contributed by atoms with Gasteiger partial charge in [0.05, 0.1) is 6.10 Å². The predicted octanol–water partition coefficient (Wildman–Crippen LogP) is 2.02. The Morgan fingerprint density at radius 1 is 1.22 bits per heavy atom. The third kappa shape index (κ3) is 3.00. The highest BCUT2D eigenvalue weighted by atomic mass is 19.1. The van der Waals surface area contributed by atoms with Gasteiger partial charge >= 0.3 is 0 Å². The SMILES string of the molecule is C[C@@H](O)c1cc(F)ccc1N1CCCN(C)CC1. The van der Waals surface area contributed by atoms with E-state index < -0.39 is 6.10 Å². The molecule has 2 rings (SSSR count). The summed E-state index contributed by atoms with van der Waals surface area (Å²) in [4.78, 5) is 4.54. The third-order valence-electron chi connectivity index (χ3n) is 3.50. The van der Waals surface area contributed by atoms with Crippen molar-refractivity contribution < 1.29 is 9.50 Å². The number of aliphatic hydroxyl groups is 1. The number of likely N-dealkylation sites (N-methyl/N-ethyl adjacent to an activating group) is 1. The highest BCUT2D eigenvalue weighted by molar-refractivity contribution is 5.55. The van der Waals surface area contributed by atoms with Crippen LogP contribution in [0, 0.1) is 5.82 Å². The molecular formula is C14H21FN2O. The Bertz CT molecular complexity index is 409. The van der Waals surface area contributed by atoms with Gasteiger partial charge in [0, 0.05) is 30.9 Å². The molecule has 0 spiro atoms. The van der Waals surface area contributed by atoms with Crippen molar-refractivity contribution >= 4 is 5.69 Å². The van der Waals surface area contributed by atoms with Crippen molar-refractivity contribution in [3.8, 4) is 0 Å². The first kappa shape index (κ1) is 13.3. The molecule has 0 aliphatic carbocycles. The second-order valence-electron chi connectivity index (χ2n) is 5.02. The largest absolute Gasteiger partial charge is 0.389 e. The number of nitrogens with zero attached hydrogens (tertiary/aromatic N) is 2. The second kappa shape index (κ2) is 5.67. The van der Waals surface area contributed by atoms with E-state index in [1.165, 1.54) is 12.1 Å². The van der Waals surface area contributed by atoms with E-state index in [9.17, 15) is 9.50 Å². The van der Waals surface area contributed by atoms with Crippen LogP contribution >= 0.6 is 0 Å². The van der Waals surface area contributed by atoms with Crippen LogP contribution in [0.15, 0.2) is 18.2 Å². The van der Waals surface area contributed by atoms with Gasteiger partial charge in [0.15, 0.2) is 0 Å². The van der Waals surface area contributed by atoms with Crippen LogP contribution in [0.25, 0.3) is 0 Å². The molecule has 1 aromatic carbocycles. The minimum absolute atomic E-state index is 0.290. The smallest absolute Gasteiger partial charge is 0.123 e. The normalized spacial score (nSPS) is 19.7. The summed E-state index contributed by atoms with van der Waals surface area (Å²) in [5.74, 6) is -0.290. The molecule has 1 heterocycles. The van der Waals surface area contributed by atoms with Crippen LogP contribution in [-0.2, 0) is 0 Å². The van der Waals surface area contributed by atoms with Crippen LogP contribution in [0.4, 0.5) is 10.1 Å². The maximum atomic E-state index is 13.3. The van der Waals surface area contributed by atoms with Crippen LogP contribution in [-0.4, -0.2) is 43.2 Å². The van der Waals surface area contributed by atoms with E-state index in [1.807, 2.05) is 0 Å². The summed E-state index contributed by atoms with van der Waals surface area (Å²) < 4.78 is 13.3. The van der Waals surface area contributed by atoms with Gasteiger partial charge in [-0.2, -0.15) is 0 Å². The number of anilines is 1. The number of hydrogen-bond donors (Lipinski definition) is 1. The lowest BCUT2D eigenvalue weighted by molar-refractivity contribution is 0.199. The Hall–Kier alpha value is -1.13. The zero-order valence-corrected chi connectivity index (χ0v) is 11.1. The maximum Gasteiger partial charge on any atom is 0.123 e. The molecule has 100 valence electrons. The monoisotopic (exact) mass is 252 g/mol. The van der Waals surface area contributed by atoms with Crippen molar-refractivity contribution in [1.82, 2.24) is 4.90 Å². The van der Waals surface area contributed by atoms with E-state index >= 15 is 0 Å². The van der Waals surface area contributed by atoms with Gasteiger partial charge in [-0.15, -0.1) is 0 Å². The second-order valence-corrected chi connectivity index (χ2v) is 5.02. The Morgan fingerprint density at radius 3 is 2.72 bits per heavy atom. The lowest BCUT2D eigenvalue weighted by atomic mass is 10.1. The molecule has 0 radical (unpaired) electrons. The van der Waals surface area contributed by atoms with E-state index in [0.717, 1.165) is 38.3 Å². The summed E-state index contributed by atoms with van der Waals surface area (Å²) in [6.07, 6.45) is 0.448. The van der Waals surface area contributed by atoms with Gasteiger partial charge in [-0.05, 0) is 45.1 Å². The Kier molecular flexibility index (Phi) is 4.19. The average molecular weight is 252 g/mol. The van der Waals surface area contributed by atoms with Crippen LogP contribution in [0.1, 0.15) is 25.0 Å². The number of aliphatic hydroxyl groups excluding tert-OH is 1. The molecule has 1 aliphatic rings. The number of benzene rings is 1. The minimum atomic E-state index is -0.642. The van der Waals surface area contributed by atoms with Crippen LogP contribution in [0.2, 0.25) is 0 Å². The first-order valence-electron chi connectivity index (χ1n) is 6.49. The Morgan fingerprint density at radius 2 is 2.00 bits per heavy atom. The predicted molar refractivity (Wildman–Crippen MR) is 71.4 cm³/mol. The molecule has 0 amide bonds. The van der Waals surface area contributed by atoms with E-state index in [2.05, 4.69) is 16.8 Å². The standard InChI is InChI=1S/C14H21FN2O/c1-11(18)13-10-12(15)4-5-14(13)17-7-3-6-16(2)8-9-17/h4-5,10-11,18H,3,6-9H2,1-2H3/t11-/m1/s1. The Balaban J connectivity index is 2.26. The lowest BCUT2D eigenvalue weighted by Gasteiger charge is -2.26. The third-order valence-corrected chi connectivity index (χ3v) is 3.50. The first-order valence-corrected chi connectivity index (χ1v) is 6.49. The molecule has 0 bridgehead atoms. The fourth-order valence-electron chi connectivity index (χ4n) is 2.44. The van der Waals surface area contributed by atoms with Crippen molar-refractivity contribution in [3.63, 3.8) is 0 Å². The molecule has 1 atom stereocenters. The highest BCUT2D eigenvalue weighted by Crippen LogP contribution is 2.28. The van der Waals surface area contributed by atoms with Gasteiger partial charge in [0.2, 0.25) is 0 Å². The van der Waals surface area contributed by atoms with Crippen LogP contribution < -0.4 is 4.90 Å². The molecule has 1 aliphatic heterocycles. The maximum absolute atomic E-state index is 13.3. The highest BCUT2D eigenvalue weighted by Gasteiger charge is 2.17. The molecule has 0 saturated carbocycles. The van der Waals surface area contributed by atoms with Crippen LogP contribution in [0.3, 0.4) is 0 Å². The molecular weight excluding hydrogens is 231 g/mol. The lowest BCUT2D eigenvalue weighted by Crippen LogP contribution is -2.29. The van der Waals surface area contributed by atoms with E-state index in [1.54, 1.807) is 13.0 Å².